The minimum atomic E-state index is -3.46. The molecule has 0 amide bonds. The van der Waals surface area contributed by atoms with Gasteiger partial charge < -0.3 is 9.47 Å². The Bertz CT molecular complexity index is 711. The number of morpholine rings is 1. The molecule has 2 aromatic rings. The second kappa shape index (κ2) is 6.43. The van der Waals surface area contributed by atoms with Gasteiger partial charge in [-0.2, -0.15) is 4.31 Å². The second-order valence-electron chi connectivity index (χ2n) is 4.77. The fraction of sp³-hybridized carbons (Fsp3) is 0.267. The van der Waals surface area contributed by atoms with Gasteiger partial charge in [-0.25, -0.2) is 8.42 Å². The summed E-state index contributed by atoms with van der Waals surface area (Å²) in [5.41, 5.74) is 0. The van der Waals surface area contributed by atoms with E-state index >= 15 is 0 Å². The highest BCUT2D eigenvalue weighted by molar-refractivity contribution is 7.89. The van der Waals surface area contributed by atoms with E-state index in [2.05, 4.69) is 4.98 Å². The number of aromatic nitrogens is 1. The van der Waals surface area contributed by atoms with Gasteiger partial charge in [-0.3, -0.25) is 4.98 Å². The Morgan fingerprint density at radius 3 is 2.18 bits per heavy atom. The lowest BCUT2D eigenvalue weighted by atomic mass is 10.3. The van der Waals surface area contributed by atoms with Crippen molar-refractivity contribution in [2.75, 3.05) is 26.3 Å². The molecule has 3 rings (SSSR count). The van der Waals surface area contributed by atoms with Gasteiger partial charge in [-0.1, -0.05) is 0 Å². The summed E-state index contributed by atoms with van der Waals surface area (Å²) in [5.74, 6) is 1.23. The molecule has 0 radical (unpaired) electrons. The van der Waals surface area contributed by atoms with Crippen LogP contribution in [0.15, 0.2) is 53.7 Å². The van der Waals surface area contributed by atoms with Gasteiger partial charge in [0.1, 0.15) is 11.5 Å². The Labute approximate surface area is 129 Å². The van der Waals surface area contributed by atoms with Gasteiger partial charge in [-0.15, -0.1) is 0 Å². The average Bonchev–Trinajstić information content (AvgIpc) is 2.57. The Kier molecular flexibility index (Phi) is 4.37. The lowest BCUT2D eigenvalue weighted by Crippen LogP contribution is -2.40. The van der Waals surface area contributed by atoms with E-state index in [1.165, 1.54) is 4.31 Å². The van der Waals surface area contributed by atoms with E-state index in [1.807, 2.05) is 0 Å². The molecule has 0 spiro atoms. The maximum atomic E-state index is 12.5. The molecule has 6 nitrogen and oxygen atoms in total. The molecule has 1 aromatic heterocycles. The number of benzene rings is 1. The zero-order chi connectivity index (χ0) is 15.4. The first kappa shape index (κ1) is 15.0. The molecular formula is C15H16N2O4S. The van der Waals surface area contributed by atoms with Gasteiger partial charge in [0.25, 0.3) is 0 Å². The molecule has 1 fully saturated rings. The highest BCUT2D eigenvalue weighted by Crippen LogP contribution is 2.24. The van der Waals surface area contributed by atoms with E-state index in [0.29, 0.717) is 37.8 Å². The zero-order valence-electron chi connectivity index (χ0n) is 11.9. The average molecular weight is 320 g/mol. The van der Waals surface area contributed by atoms with Gasteiger partial charge in [0.2, 0.25) is 10.0 Å². The van der Waals surface area contributed by atoms with Gasteiger partial charge in [-0.05, 0) is 36.4 Å². The molecular weight excluding hydrogens is 304 g/mol. The van der Waals surface area contributed by atoms with Crippen molar-refractivity contribution in [2.45, 2.75) is 4.90 Å². The van der Waals surface area contributed by atoms with E-state index in [4.69, 9.17) is 9.47 Å². The van der Waals surface area contributed by atoms with Crippen LogP contribution in [0.4, 0.5) is 0 Å². The smallest absolute Gasteiger partial charge is 0.243 e. The first-order valence-electron chi connectivity index (χ1n) is 6.92. The van der Waals surface area contributed by atoms with Gasteiger partial charge in [0.15, 0.2) is 0 Å². The molecule has 7 heteroatoms. The molecule has 1 aromatic carbocycles. The Morgan fingerprint density at radius 1 is 0.955 bits per heavy atom. The van der Waals surface area contributed by atoms with Crippen molar-refractivity contribution >= 4 is 10.0 Å². The third kappa shape index (κ3) is 3.27. The largest absolute Gasteiger partial charge is 0.457 e. The van der Waals surface area contributed by atoms with E-state index in [9.17, 15) is 8.42 Å². The van der Waals surface area contributed by atoms with Crippen LogP contribution in [0, 0.1) is 0 Å². The summed E-state index contributed by atoms with van der Waals surface area (Å²) >= 11 is 0. The van der Waals surface area contributed by atoms with Gasteiger partial charge in [0.05, 0.1) is 18.1 Å². The molecule has 1 saturated heterocycles. The van der Waals surface area contributed by atoms with Crippen LogP contribution in [0.5, 0.6) is 11.5 Å². The minimum absolute atomic E-state index is 0.261. The number of pyridine rings is 1. The summed E-state index contributed by atoms with van der Waals surface area (Å²) in [6, 6.07) is 9.88. The number of hydrogen-bond donors (Lipinski definition) is 0. The topological polar surface area (TPSA) is 68.7 Å². The molecule has 0 unspecified atom stereocenters. The summed E-state index contributed by atoms with van der Waals surface area (Å²) in [7, 11) is -3.46. The van der Waals surface area contributed by atoms with Crippen LogP contribution in [0.3, 0.4) is 0 Å². The number of hydrogen-bond acceptors (Lipinski definition) is 5. The first-order valence-corrected chi connectivity index (χ1v) is 8.36. The molecule has 0 saturated carbocycles. The van der Waals surface area contributed by atoms with Gasteiger partial charge in [0, 0.05) is 25.5 Å². The Hall–Kier alpha value is -1.96. The van der Waals surface area contributed by atoms with Crippen LogP contribution < -0.4 is 4.74 Å². The molecule has 116 valence electrons. The molecule has 0 N–H and O–H groups in total. The fourth-order valence-corrected chi connectivity index (χ4v) is 3.57. The number of sulfonamides is 1. The first-order chi connectivity index (χ1) is 10.7. The van der Waals surface area contributed by atoms with Crippen molar-refractivity contribution in [3.05, 3.63) is 48.8 Å². The minimum Gasteiger partial charge on any atom is -0.457 e. The van der Waals surface area contributed by atoms with Crippen molar-refractivity contribution in [3.8, 4) is 11.5 Å². The van der Waals surface area contributed by atoms with E-state index in [-0.39, 0.29) is 4.90 Å². The lowest BCUT2D eigenvalue weighted by Gasteiger charge is -2.26. The van der Waals surface area contributed by atoms with Crippen LogP contribution in [-0.2, 0) is 14.8 Å². The van der Waals surface area contributed by atoms with Crippen molar-refractivity contribution in [3.63, 3.8) is 0 Å². The van der Waals surface area contributed by atoms with Crippen molar-refractivity contribution in [1.82, 2.24) is 9.29 Å². The van der Waals surface area contributed by atoms with Crippen LogP contribution >= 0.6 is 0 Å². The SMILES string of the molecule is O=S(=O)(c1ccc(Oc2ccncc2)cc1)N1CCOCC1. The van der Waals surface area contributed by atoms with Crippen LogP contribution in [-0.4, -0.2) is 44.0 Å². The quantitative estimate of drug-likeness (QED) is 0.860. The predicted octanol–water partition coefficient (Wildman–Crippen LogP) is 1.89. The van der Waals surface area contributed by atoms with Gasteiger partial charge >= 0.3 is 0 Å². The fourth-order valence-electron chi connectivity index (χ4n) is 2.16. The third-order valence-corrected chi connectivity index (χ3v) is 5.23. The van der Waals surface area contributed by atoms with E-state index < -0.39 is 10.0 Å². The predicted molar refractivity (Wildman–Crippen MR) is 80.3 cm³/mol. The summed E-state index contributed by atoms with van der Waals surface area (Å²) in [6.07, 6.45) is 3.26. The molecule has 1 aliphatic heterocycles. The van der Waals surface area contributed by atoms with Crippen molar-refractivity contribution in [2.24, 2.45) is 0 Å². The van der Waals surface area contributed by atoms with Crippen molar-refractivity contribution in [1.29, 1.82) is 0 Å². The van der Waals surface area contributed by atoms with E-state index in [1.54, 1.807) is 48.8 Å². The Balaban J connectivity index is 1.76. The standard InChI is InChI=1S/C15H16N2O4S/c18-22(19,17-9-11-20-12-10-17)15-3-1-13(2-4-15)21-14-5-7-16-8-6-14/h1-8H,9-12H2. The highest BCUT2D eigenvalue weighted by Gasteiger charge is 2.26. The molecule has 22 heavy (non-hydrogen) atoms. The molecule has 0 aliphatic carbocycles. The van der Waals surface area contributed by atoms with E-state index in [0.717, 1.165) is 0 Å². The Morgan fingerprint density at radius 2 is 1.55 bits per heavy atom. The van der Waals surface area contributed by atoms with Crippen molar-refractivity contribution < 1.29 is 17.9 Å². The molecule has 1 aliphatic rings. The van der Waals surface area contributed by atoms with Crippen LogP contribution in [0.25, 0.3) is 0 Å². The second-order valence-corrected chi connectivity index (χ2v) is 6.71. The van der Waals surface area contributed by atoms with Crippen LogP contribution in [0.2, 0.25) is 0 Å². The summed E-state index contributed by atoms with van der Waals surface area (Å²) < 4.78 is 37.2. The third-order valence-electron chi connectivity index (χ3n) is 3.32. The summed E-state index contributed by atoms with van der Waals surface area (Å²) in [5, 5.41) is 0. The number of ether oxygens (including phenoxy) is 2. The zero-order valence-corrected chi connectivity index (χ0v) is 12.7. The molecule has 0 bridgehead atoms. The number of nitrogens with zero attached hydrogens (tertiary/aromatic N) is 2. The van der Waals surface area contributed by atoms with Crippen LogP contribution in [0.1, 0.15) is 0 Å². The lowest BCUT2D eigenvalue weighted by molar-refractivity contribution is 0.0730. The highest BCUT2D eigenvalue weighted by atomic mass is 32.2. The summed E-state index contributed by atoms with van der Waals surface area (Å²) in [6.45, 7) is 1.64. The number of rotatable bonds is 4. The monoisotopic (exact) mass is 320 g/mol. The maximum Gasteiger partial charge on any atom is 0.243 e. The molecule has 2 heterocycles. The normalized spacial score (nSPS) is 16.4. The summed E-state index contributed by atoms with van der Waals surface area (Å²) in [4.78, 5) is 4.17. The molecule has 0 atom stereocenters. The maximum absolute atomic E-state index is 12.5.